The lowest BCUT2D eigenvalue weighted by molar-refractivity contribution is -0.137. The molecule has 1 fully saturated rings. The summed E-state index contributed by atoms with van der Waals surface area (Å²) >= 11 is 0. The van der Waals surface area contributed by atoms with Crippen molar-refractivity contribution in [2.75, 3.05) is 13.1 Å². The summed E-state index contributed by atoms with van der Waals surface area (Å²) in [6.45, 7) is 5.75. The van der Waals surface area contributed by atoms with Gasteiger partial charge in [0.1, 0.15) is 0 Å². The third-order valence-electron chi connectivity index (χ3n) is 4.79. The van der Waals surface area contributed by atoms with E-state index in [-0.39, 0.29) is 24.2 Å². The van der Waals surface area contributed by atoms with Crippen molar-refractivity contribution in [1.29, 1.82) is 0 Å². The van der Waals surface area contributed by atoms with Crippen molar-refractivity contribution < 1.29 is 18.0 Å². The Labute approximate surface area is 153 Å². The van der Waals surface area contributed by atoms with Crippen molar-refractivity contribution in [3.63, 3.8) is 0 Å². The first-order chi connectivity index (χ1) is 11.3. The number of benzene rings is 1. The zero-order valence-corrected chi connectivity index (χ0v) is 15.3. The van der Waals surface area contributed by atoms with Gasteiger partial charge in [-0.1, -0.05) is 19.1 Å². The summed E-state index contributed by atoms with van der Waals surface area (Å²) in [6, 6.07) is 4.67. The molecule has 1 amide bonds. The highest BCUT2D eigenvalue weighted by atomic mass is 35.5. The van der Waals surface area contributed by atoms with E-state index in [1.54, 1.807) is 13.0 Å². The summed E-state index contributed by atoms with van der Waals surface area (Å²) in [7, 11) is 0. The molecule has 2 rings (SSSR count). The molecule has 1 aliphatic heterocycles. The quantitative estimate of drug-likeness (QED) is 0.800. The minimum absolute atomic E-state index is 0. The molecule has 1 heterocycles. The lowest BCUT2D eigenvalue weighted by Gasteiger charge is -2.28. The van der Waals surface area contributed by atoms with Crippen LogP contribution in [0.25, 0.3) is 0 Å². The van der Waals surface area contributed by atoms with Crippen LogP contribution in [0.2, 0.25) is 0 Å². The Kier molecular flexibility index (Phi) is 8.22. The van der Waals surface area contributed by atoms with Gasteiger partial charge in [0.2, 0.25) is 5.91 Å². The second-order valence-electron chi connectivity index (χ2n) is 6.68. The third-order valence-corrected chi connectivity index (χ3v) is 4.79. The molecule has 0 radical (unpaired) electrons. The molecule has 2 atom stereocenters. The third kappa shape index (κ3) is 6.51. The molecule has 7 heteroatoms. The van der Waals surface area contributed by atoms with Crippen LogP contribution in [0.5, 0.6) is 0 Å². The first-order valence-corrected chi connectivity index (χ1v) is 8.44. The Bertz CT molecular complexity index is 559. The molecule has 142 valence electrons. The van der Waals surface area contributed by atoms with Gasteiger partial charge in [0, 0.05) is 6.42 Å². The SMILES string of the molecule is CC(NC(=O)CC(C)C1CCNCC1)c1cccc(C(F)(F)F)c1.Cl. The van der Waals surface area contributed by atoms with E-state index in [2.05, 4.69) is 17.6 Å². The molecule has 1 saturated heterocycles. The summed E-state index contributed by atoms with van der Waals surface area (Å²) in [5.41, 5.74) is -0.225. The summed E-state index contributed by atoms with van der Waals surface area (Å²) in [6.07, 6.45) is -1.83. The van der Waals surface area contributed by atoms with E-state index in [4.69, 9.17) is 0 Å². The van der Waals surface area contributed by atoms with Crippen LogP contribution >= 0.6 is 12.4 Å². The number of halogens is 4. The zero-order chi connectivity index (χ0) is 17.7. The van der Waals surface area contributed by atoms with Crippen molar-refractivity contribution in [3.8, 4) is 0 Å². The molecule has 2 unspecified atom stereocenters. The van der Waals surface area contributed by atoms with Gasteiger partial charge in [0.15, 0.2) is 0 Å². The second kappa shape index (κ2) is 9.43. The monoisotopic (exact) mass is 378 g/mol. The average molecular weight is 379 g/mol. The number of alkyl halides is 3. The maximum absolute atomic E-state index is 12.8. The molecule has 0 spiro atoms. The Morgan fingerprint density at radius 1 is 1.28 bits per heavy atom. The van der Waals surface area contributed by atoms with E-state index >= 15 is 0 Å². The Morgan fingerprint density at radius 2 is 1.92 bits per heavy atom. The Balaban J connectivity index is 0.00000312. The fraction of sp³-hybridized carbons (Fsp3) is 0.611. The fourth-order valence-corrected chi connectivity index (χ4v) is 3.24. The normalized spacial score (nSPS) is 18.1. The molecule has 1 aromatic rings. The minimum atomic E-state index is -4.37. The number of hydrogen-bond acceptors (Lipinski definition) is 2. The van der Waals surface area contributed by atoms with Crippen molar-refractivity contribution in [1.82, 2.24) is 10.6 Å². The van der Waals surface area contributed by atoms with E-state index in [1.165, 1.54) is 6.07 Å². The van der Waals surface area contributed by atoms with Crippen LogP contribution in [0.3, 0.4) is 0 Å². The zero-order valence-electron chi connectivity index (χ0n) is 14.5. The Hall–Kier alpha value is -1.27. The molecule has 1 aromatic carbocycles. The maximum Gasteiger partial charge on any atom is 0.416 e. The first-order valence-electron chi connectivity index (χ1n) is 8.44. The lowest BCUT2D eigenvalue weighted by atomic mass is 9.84. The molecular formula is C18H26ClF3N2O. The van der Waals surface area contributed by atoms with Gasteiger partial charge in [-0.05, 0) is 62.4 Å². The molecular weight excluding hydrogens is 353 g/mol. The molecule has 0 aromatic heterocycles. The van der Waals surface area contributed by atoms with Crippen molar-refractivity contribution in [3.05, 3.63) is 35.4 Å². The number of carbonyl (C=O) groups is 1. The van der Waals surface area contributed by atoms with Crippen LogP contribution in [0, 0.1) is 11.8 Å². The molecule has 1 aliphatic rings. The van der Waals surface area contributed by atoms with Crippen LogP contribution in [0.1, 0.15) is 50.3 Å². The largest absolute Gasteiger partial charge is 0.416 e. The molecule has 2 N–H and O–H groups in total. The van der Waals surface area contributed by atoms with Gasteiger partial charge in [0.25, 0.3) is 0 Å². The van der Waals surface area contributed by atoms with Gasteiger partial charge in [-0.3, -0.25) is 4.79 Å². The maximum atomic E-state index is 12.8. The summed E-state index contributed by atoms with van der Waals surface area (Å²) < 4.78 is 38.3. The van der Waals surface area contributed by atoms with Crippen LogP contribution in [0.4, 0.5) is 13.2 Å². The van der Waals surface area contributed by atoms with Crippen LogP contribution in [0.15, 0.2) is 24.3 Å². The predicted molar refractivity (Wildman–Crippen MR) is 94.6 cm³/mol. The highest BCUT2D eigenvalue weighted by Crippen LogP contribution is 2.31. The minimum Gasteiger partial charge on any atom is -0.350 e. The topological polar surface area (TPSA) is 41.1 Å². The predicted octanol–water partition coefficient (Wildman–Crippen LogP) is 4.33. The van der Waals surface area contributed by atoms with E-state index < -0.39 is 17.8 Å². The van der Waals surface area contributed by atoms with Gasteiger partial charge in [-0.25, -0.2) is 0 Å². The van der Waals surface area contributed by atoms with Crippen molar-refractivity contribution in [2.45, 2.75) is 45.3 Å². The highest BCUT2D eigenvalue weighted by Gasteiger charge is 2.31. The van der Waals surface area contributed by atoms with E-state index in [1.807, 2.05) is 0 Å². The van der Waals surface area contributed by atoms with Crippen molar-refractivity contribution >= 4 is 18.3 Å². The van der Waals surface area contributed by atoms with Gasteiger partial charge >= 0.3 is 6.18 Å². The van der Waals surface area contributed by atoms with Gasteiger partial charge in [-0.15, -0.1) is 12.4 Å². The number of amides is 1. The van der Waals surface area contributed by atoms with E-state index in [9.17, 15) is 18.0 Å². The second-order valence-corrected chi connectivity index (χ2v) is 6.68. The van der Waals surface area contributed by atoms with Gasteiger partial charge in [0.05, 0.1) is 11.6 Å². The lowest BCUT2D eigenvalue weighted by Crippen LogP contribution is -2.34. The van der Waals surface area contributed by atoms with E-state index in [0.29, 0.717) is 17.9 Å². The standard InChI is InChI=1S/C18H25F3N2O.ClH/c1-12(14-6-8-22-9-7-14)10-17(24)23-13(2)15-4-3-5-16(11-15)18(19,20)21;/h3-5,11-14,22H,6-10H2,1-2H3,(H,23,24);1H. The molecule has 0 aliphatic carbocycles. The van der Waals surface area contributed by atoms with Gasteiger partial charge < -0.3 is 10.6 Å². The van der Waals surface area contributed by atoms with Crippen LogP contribution in [-0.2, 0) is 11.0 Å². The number of rotatable bonds is 5. The van der Waals surface area contributed by atoms with Crippen molar-refractivity contribution in [2.24, 2.45) is 11.8 Å². The summed E-state index contributed by atoms with van der Waals surface area (Å²) in [5.74, 6) is 0.701. The summed E-state index contributed by atoms with van der Waals surface area (Å²) in [5, 5.41) is 6.12. The van der Waals surface area contributed by atoms with E-state index in [0.717, 1.165) is 38.1 Å². The number of carbonyl (C=O) groups excluding carboxylic acids is 1. The van der Waals surface area contributed by atoms with Crippen LogP contribution < -0.4 is 10.6 Å². The van der Waals surface area contributed by atoms with Gasteiger partial charge in [-0.2, -0.15) is 13.2 Å². The molecule has 3 nitrogen and oxygen atoms in total. The molecule has 25 heavy (non-hydrogen) atoms. The smallest absolute Gasteiger partial charge is 0.350 e. The number of nitrogens with one attached hydrogen (secondary N) is 2. The molecule has 0 saturated carbocycles. The van der Waals surface area contributed by atoms with Crippen LogP contribution in [-0.4, -0.2) is 19.0 Å². The number of hydrogen-bond donors (Lipinski definition) is 2. The Morgan fingerprint density at radius 3 is 2.52 bits per heavy atom. The fourth-order valence-electron chi connectivity index (χ4n) is 3.24. The number of piperidine rings is 1. The summed E-state index contributed by atoms with van der Waals surface area (Å²) in [4.78, 5) is 12.2. The molecule has 0 bridgehead atoms. The average Bonchev–Trinajstić information content (AvgIpc) is 2.54. The first kappa shape index (κ1) is 21.8. The highest BCUT2D eigenvalue weighted by molar-refractivity contribution is 5.85.